The predicted octanol–water partition coefficient (Wildman–Crippen LogP) is 2.58. The molecule has 6 heteroatoms. The zero-order chi connectivity index (χ0) is 15.5. The number of hydrogen-bond acceptors (Lipinski definition) is 5. The molecule has 0 unspecified atom stereocenters. The van der Waals surface area contributed by atoms with E-state index in [4.69, 9.17) is 0 Å². The average molecular weight is 300 g/mol. The first-order valence-electron chi connectivity index (χ1n) is 7.61. The molecule has 2 heterocycles. The average Bonchev–Trinajstić information content (AvgIpc) is 2.55. The molecule has 1 fully saturated rings. The van der Waals surface area contributed by atoms with Crippen molar-refractivity contribution in [2.75, 3.05) is 31.6 Å². The Morgan fingerprint density at radius 3 is 2.77 bits per heavy atom. The number of nitro benzene ring substituents is 1. The molecular formula is C16H20N4O2. The summed E-state index contributed by atoms with van der Waals surface area (Å²) in [5.74, 6) is 0.715. The number of fused-ring (bicyclic) bond motifs is 1. The second-order valence-electron chi connectivity index (χ2n) is 5.77. The molecule has 0 bridgehead atoms. The maximum absolute atomic E-state index is 11.2. The summed E-state index contributed by atoms with van der Waals surface area (Å²) in [6, 6.07) is 5.34. The highest BCUT2D eigenvalue weighted by Crippen LogP contribution is 2.34. The molecule has 0 aliphatic carbocycles. The van der Waals surface area contributed by atoms with E-state index in [-0.39, 0.29) is 10.6 Å². The monoisotopic (exact) mass is 300 g/mol. The van der Waals surface area contributed by atoms with Gasteiger partial charge < -0.3 is 10.2 Å². The predicted molar refractivity (Wildman–Crippen MR) is 87.3 cm³/mol. The van der Waals surface area contributed by atoms with Crippen molar-refractivity contribution in [2.45, 2.75) is 12.8 Å². The molecule has 1 aromatic carbocycles. The number of nitro groups is 1. The smallest absolute Gasteiger partial charge is 0.278 e. The minimum absolute atomic E-state index is 0.122. The first-order valence-corrected chi connectivity index (χ1v) is 7.61. The normalized spacial score (nSPS) is 16.1. The van der Waals surface area contributed by atoms with Crippen molar-refractivity contribution in [1.29, 1.82) is 0 Å². The fourth-order valence-corrected chi connectivity index (χ4v) is 3.26. The number of anilines is 1. The van der Waals surface area contributed by atoms with Gasteiger partial charge in [0.05, 0.1) is 10.3 Å². The third kappa shape index (κ3) is 2.74. The van der Waals surface area contributed by atoms with Crippen LogP contribution < -0.4 is 10.2 Å². The van der Waals surface area contributed by atoms with Gasteiger partial charge in [0.2, 0.25) is 0 Å². The van der Waals surface area contributed by atoms with E-state index >= 15 is 0 Å². The van der Waals surface area contributed by atoms with Crippen LogP contribution in [0.5, 0.6) is 0 Å². The van der Waals surface area contributed by atoms with Crippen molar-refractivity contribution in [3.05, 3.63) is 40.7 Å². The van der Waals surface area contributed by atoms with Gasteiger partial charge in [0, 0.05) is 42.6 Å². The van der Waals surface area contributed by atoms with Crippen LogP contribution in [0.25, 0.3) is 10.8 Å². The number of piperidine rings is 1. The second-order valence-corrected chi connectivity index (χ2v) is 5.77. The van der Waals surface area contributed by atoms with Gasteiger partial charge in [-0.05, 0) is 44.5 Å². The minimum atomic E-state index is -0.340. The Labute approximate surface area is 129 Å². The van der Waals surface area contributed by atoms with Crippen LogP contribution in [0.4, 0.5) is 11.4 Å². The molecule has 116 valence electrons. The van der Waals surface area contributed by atoms with Gasteiger partial charge in [-0.25, -0.2) is 0 Å². The number of benzene rings is 1. The van der Waals surface area contributed by atoms with Crippen molar-refractivity contribution in [2.24, 2.45) is 5.92 Å². The zero-order valence-electron chi connectivity index (χ0n) is 12.7. The number of rotatable bonds is 4. The Morgan fingerprint density at radius 1 is 1.32 bits per heavy atom. The number of nitrogens with one attached hydrogen (secondary N) is 1. The highest BCUT2D eigenvalue weighted by Gasteiger charge is 2.22. The molecule has 1 aromatic heterocycles. The summed E-state index contributed by atoms with van der Waals surface area (Å²) in [5.41, 5.74) is 1.20. The molecule has 0 atom stereocenters. The molecule has 2 aromatic rings. The van der Waals surface area contributed by atoms with Crippen LogP contribution in [-0.4, -0.2) is 36.6 Å². The van der Waals surface area contributed by atoms with Gasteiger partial charge in [0.25, 0.3) is 5.69 Å². The van der Waals surface area contributed by atoms with Crippen LogP contribution in [0.3, 0.4) is 0 Å². The van der Waals surface area contributed by atoms with Crippen LogP contribution in [0.2, 0.25) is 0 Å². The fraction of sp³-hybridized carbons (Fsp3) is 0.438. The number of non-ortho nitro benzene ring substituents is 1. The number of aromatic nitrogens is 1. The van der Waals surface area contributed by atoms with Gasteiger partial charge in [0.1, 0.15) is 0 Å². The van der Waals surface area contributed by atoms with E-state index in [0.717, 1.165) is 43.5 Å². The lowest BCUT2D eigenvalue weighted by molar-refractivity contribution is -0.383. The largest absolute Gasteiger partial charge is 0.371 e. The van der Waals surface area contributed by atoms with E-state index < -0.39 is 0 Å². The maximum Gasteiger partial charge on any atom is 0.278 e. The van der Waals surface area contributed by atoms with Gasteiger partial charge >= 0.3 is 0 Å². The Morgan fingerprint density at radius 2 is 2.09 bits per heavy atom. The fourth-order valence-electron chi connectivity index (χ4n) is 3.26. The quantitative estimate of drug-likeness (QED) is 0.694. The maximum atomic E-state index is 11.2. The number of nitrogens with zero attached hydrogens (tertiary/aromatic N) is 3. The van der Waals surface area contributed by atoms with Crippen molar-refractivity contribution in [3.63, 3.8) is 0 Å². The van der Waals surface area contributed by atoms with Gasteiger partial charge in [0.15, 0.2) is 0 Å². The van der Waals surface area contributed by atoms with Crippen LogP contribution in [0, 0.1) is 16.0 Å². The third-order valence-corrected chi connectivity index (χ3v) is 4.42. The minimum Gasteiger partial charge on any atom is -0.371 e. The first kappa shape index (κ1) is 14.7. The van der Waals surface area contributed by atoms with Crippen molar-refractivity contribution in [3.8, 4) is 0 Å². The molecule has 1 aliphatic heterocycles. The molecule has 0 spiro atoms. The Balaban J connectivity index is 1.92. The van der Waals surface area contributed by atoms with E-state index in [0.29, 0.717) is 11.3 Å². The Kier molecular flexibility index (Phi) is 4.20. The molecule has 0 amide bonds. The molecule has 3 rings (SSSR count). The molecule has 22 heavy (non-hydrogen) atoms. The van der Waals surface area contributed by atoms with Gasteiger partial charge in [-0.2, -0.15) is 0 Å². The van der Waals surface area contributed by atoms with Crippen LogP contribution in [0.15, 0.2) is 30.6 Å². The van der Waals surface area contributed by atoms with Gasteiger partial charge in [-0.1, -0.05) is 0 Å². The molecule has 1 aliphatic rings. The number of hydrogen-bond donors (Lipinski definition) is 1. The molecular weight excluding hydrogens is 280 g/mol. The van der Waals surface area contributed by atoms with Crippen LogP contribution in [0.1, 0.15) is 12.8 Å². The second kappa shape index (κ2) is 6.27. The summed E-state index contributed by atoms with van der Waals surface area (Å²) in [7, 11) is 1.99. The molecule has 1 saturated heterocycles. The van der Waals surface area contributed by atoms with E-state index in [9.17, 15) is 10.1 Å². The Bertz CT molecular complexity index is 681. The lowest BCUT2D eigenvalue weighted by atomic mass is 9.96. The summed E-state index contributed by atoms with van der Waals surface area (Å²) in [4.78, 5) is 17.2. The summed E-state index contributed by atoms with van der Waals surface area (Å²) in [5, 5.41) is 15.9. The summed E-state index contributed by atoms with van der Waals surface area (Å²) < 4.78 is 0. The lowest BCUT2D eigenvalue weighted by Gasteiger charge is -2.34. The van der Waals surface area contributed by atoms with Gasteiger partial charge in [-0.15, -0.1) is 0 Å². The van der Waals surface area contributed by atoms with Crippen molar-refractivity contribution in [1.82, 2.24) is 10.3 Å². The van der Waals surface area contributed by atoms with Crippen LogP contribution in [-0.2, 0) is 0 Å². The highest BCUT2D eigenvalue weighted by atomic mass is 16.6. The molecule has 0 saturated carbocycles. The van der Waals surface area contributed by atoms with Crippen molar-refractivity contribution >= 4 is 22.1 Å². The highest BCUT2D eigenvalue weighted by molar-refractivity contribution is 5.99. The number of pyridine rings is 1. The zero-order valence-corrected chi connectivity index (χ0v) is 12.7. The summed E-state index contributed by atoms with van der Waals surface area (Å²) in [6.07, 6.45) is 5.57. The lowest BCUT2D eigenvalue weighted by Crippen LogP contribution is -2.36. The standard InChI is InChI=1S/C16H20N4O2/c1-17-10-12-5-8-19(9-6-12)15-2-3-16(20(21)22)14-11-18-7-4-13(14)15/h2-4,7,11-12,17H,5-6,8-10H2,1H3. The van der Waals surface area contributed by atoms with E-state index in [1.165, 1.54) is 0 Å². The molecule has 1 N–H and O–H groups in total. The first-order chi connectivity index (χ1) is 10.7. The molecule has 6 nitrogen and oxygen atoms in total. The van der Waals surface area contributed by atoms with E-state index in [2.05, 4.69) is 15.2 Å². The summed E-state index contributed by atoms with van der Waals surface area (Å²) >= 11 is 0. The van der Waals surface area contributed by atoms with Gasteiger partial charge in [-0.3, -0.25) is 15.1 Å². The topological polar surface area (TPSA) is 71.3 Å². The van der Waals surface area contributed by atoms with E-state index in [1.807, 2.05) is 19.2 Å². The van der Waals surface area contributed by atoms with E-state index in [1.54, 1.807) is 18.5 Å². The SMILES string of the molecule is CNCC1CCN(c2ccc([N+](=O)[O-])c3cnccc23)CC1. The van der Waals surface area contributed by atoms with Crippen LogP contribution >= 0.6 is 0 Å². The molecule has 0 radical (unpaired) electrons. The third-order valence-electron chi connectivity index (χ3n) is 4.42. The van der Waals surface area contributed by atoms with Crippen molar-refractivity contribution < 1.29 is 4.92 Å². The Hall–Kier alpha value is -2.21. The summed E-state index contributed by atoms with van der Waals surface area (Å²) in [6.45, 7) is 3.03.